The molecule has 0 saturated carbocycles. The van der Waals surface area contributed by atoms with Crippen LogP contribution in [0.15, 0.2) is 57.1 Å². The second-order valence-corrected chi connectivity index (χ2v) is 8.38. The molecule has 25 heavy (non-hydrogen) atoms. The molecule has 4 rings (SSSR count). The zero-order valence-electron chi connectivity index (χ0n) is 13.5. The first kappa shape index (κ1) is 16.5. The maximum Gasteiger partial charge on any atom is 0.271 e. The largest absolute Gasteiger partial charge is 0.290 e. The van der Waals surface area contributed by atoms with Gasteiger partial charge in [0.2, 0.25) is 0 Å². The van der Waals surface area contributed by atoms with Crippen molar-refractivity contribution >= 4 is 44.7 Å². The number of hydrogen-bond acceptors (Lipinski definition) is 6. The maximum atomic E-state index is 12.3. The van der Waals surface area contributed by atoms with Gasteiger partial charge in [-0.2, -0.15) is 0 Å². The highest BCUT2D eigenvalue weighted by atomic mass is 32.2. The second kappa shape index (κ2) is 7.11. The molecular weight excluding hydrogens is 370 g/mol. The van der Waals surface area contributed by atoms with Gasteiger partial charge in [0.25, 0.3) is 5.56 Å². The number of benzene rings is 1. The molecule has 4 aromatic rings. The van der Waals surface area contributed by atoms with E-state index < -0.39 is 0 Å². The van der Waals surface area contributed by atoms with Gasteiger partial charge in [-0.3, -0.25) is 9.36 Å². The third kappa shape index (κ3) is 3.53. The normalized spacial score (nSPS) is 11.2. The summed E-state index contributed by atoms with van der Waals surface area (Å²) in [5, 5.41) is 5.83. The van der Waals surface area contributed by atoms with Gasteiger partial charge >= 0.3 is 0 Å². The van der Waals surface area contributed by atoms with Crippen molar-refractivity contribution in [1.82, 2.24) is 14.5 Å². The minimum absolute atomic E-state index is 0.0190. The third-order valence-electron chi connectivity index (χ3n) is 3.79. The van der Waals surface area contributed by atoms with E-state index in [1.165, 1.54) is 16.9 Å². The summed E-state index contributed by atoms with van der Waals surface area (Å²) in [4.78, 5) is 21.6. The van der Waals surface area contributed by atoms with E-state index in [2.05, 4.69) is 22.5 Å². The van der Waals surface area contributed by atoms with Crippen LogP contribution < -0.4 is 5.56 Å². The summed E-state index contributed by atoms with van der Waals surface area (Å²) in [6, 6.07) is 12.2. The summed E-state index contributed by atoms with van der Waals surface area (Å²) in [7, 11) is 1.78. The van der Waals surface area contributed by atoms with Gasteiger partial charge in [0.15, 0.2) is 5.16 Å². The highest BCUT2D eigenvalue weighted by Crippen LogP contribution is 2.24. The predicted octanol–water partition coefficient (Wildman–Crippen LogP) is 4.33. The van der Waals surface area contributed by atoms with Crippen molar-refractivity contribution in [1.29, 1.82) is 0 Å². The van der Waals surface area contributed by atoms with Crippen LogP contribution in [0.1, 0.15) is 16.3 Å². The van der Waals surface area contributed by atoms with Gasteiger partial charge in [-0.15, -0.1) is 22.7 Å². The van der Waals surface area contributed by atoms with E-state index in [1.807, 2.05) is 29.6 Å². The summed E-state index contributed by atoms with van der Waals surface area (Å²) >= 11 is 4.67. The minimum Gasteiger partial charge on any atom is -0.290 e. The van der Waals surface area contributed by atoms with Gasteiger partial charge in [-0.05, 0) is 17.0 Å². The summed E-state index contributed by atoms with van der Waals surface area (Å²) < 4.78 is 2.34. The molecule has 0 aliphatic rings. The Morgan fingerprint density at radius 1 is 1.12 bits per heavy atom. The number of aromatic nitrogens is 3. The second-order valence-electron chi connectivity index (χ2n) is 5.58. The lowest BCUT2D eigenvalue weighted by Gasteiger charge is -2.05. The molecule has 7 heteroatoms. The van der Waals surface area contributed by atoms with Crippen molar-refractivity contribution in [3.05, 3.63) is 73.8 Å². The van der Waals surface area contributed by atoms with E-state index >= 15 is 0 Å². The number of thioether (sulfide) groups is 1. The SMILES string of the molecule is Cn1c(SCc2csc(Cc3ccccc3)n2)nc2ccsc2c1=O. The molecule has 0 bridgehead atoms. The third-order valence-corrected chi connectivity index (χ3v) is 6.65. The zero-order valence-corrected chi connectivity index (χ0v) is 16.0. The Labute approximate surface area is 157 Å². The van der Waals surface area contributed by atoms with Gasteiger partial charge in [0.05, 0.1) is 16.2 Å². The van der Waals surface area contributed by atoms with Crippen molar-refractivity contribution in [3.8, 4) is 0 Å². The topological polar surface area (TPSA) is 47.8 Å². The molecule has 0 aliphatic carbocycles. The van der Waals surface area contributed by atoms with E-state index in [0.29, 0.717) is 10.5 Å². The zero-order chi connectivity index (χ0) is 17.2. The summed E-state index contributed by atoms with van der Waals surface area (Å²) in [5.41, 5.74) is 3.09. The first-order valence-electron chi connectivity index (χ1n) is 7.75. The van der Waals surface area contributed by atoms with E-state index in [1.54, 1.807) is 34.7 Å². The van der Waals surface area contributed by atoms with Crippen molar-refractivity contribution in [2.75, 3.05) is 0 Å². The Kier molecular flexibility index (Phi) is 4.70. The standard InChI is InChI=1S/C18H15N3OS3/c1-21-17(22)16-14(7-8-23-16)20-18(21)25-11-13-10-24-15(19-13)9-12-5-3-2-4-6-12/h2-8,10H,9,11H2,1H3. The molecule has 0 N–H and O–H groups in total. The first-order valence-corrected chi connectivity index (χ1v) is 10.5. The number of thiophene rings is 1. The Morgan fingerprint density at radius 3 is 2.80 bits per heavy atom. The molecule has 0 radical (unpaired) electrons. The lowest BCUT2D eigenvalue weighted by molar-refractivity contribution is 0.727. The van der Waals surface area contributed by atoms with E-state index in [0.717, 1.165) is 27.8 Å². The van der Waals surface area contributed by atoms with E-state index in [4.69, 9.17) is 4.98 Å². The highest BCUT2D eigenvalue weighted by molar-refractivity contribution is 7.98. The highest BCUT2D eigenvalue weighted by Gasteiger charge is 2.11. The minimum atomic E-state index is 0.0190. The summed E-state index contributed by atoms with van der Waals surface area (Å²) in [6.45, 7) is 0. The molecule has 0 amide bonds. The van der Waals surface area contributed by atoms with Gasteiger partial charge < -0.3 is 0 Å². The summed E-state index contributed by atoms with van der Waals surface area (Å²) in [5.74, 6) is 0.710. The molecule has 4 nitrogen and oxygen atoms in total. The number of rotatable bonds is 5. The van der Waals surface area contributed by atoms with Crippen LogP contribution in [0, 0.1) is 0 Å². The lowest BCUT2D eigenvalue weighted by Crippen LogP contribution is -2.18. The van der Waals surface area contributed by atoms with E-state index in [-0.39, 0.29) is 5.56 Å². The first-order chi connectivity index (χ1) is 12.2. The van der Waals surface area contributed by atoms with Crippen LogP contribution in [0.3, 0.4) is 0 Å². The quantitative estimate of drug-likeness (QED) is 0.379. The average molecular weight is 386 g/mol. The molecule has 0 fully saturated rings. The fourth-order valence-electron chi connectivity index (χ4n) is 2.50. The van der Waals surface area contributed by atoms with Crippen LogP contribution in [0.25, 0.3) is 10.2 Å². The molecule has 3 heterocycles. The lowest BCUT2D eigenvalue weighted by atomic mass is 10.2. The molecule has 0 unspecified atom stereocenters. The van der Waals surface area contributed by atoms with Crippen LogP contribution in [0.5, 0.6) is 0 Å². The van der Waals surface area contributed by atoms with Crippen molar-refractivity contribution in [3.63, 3.8) is 0 Å². The molecule has 0 aliphatic heterocycles. The Morgan fingerprint density at radius 2 is 1.96 bits per heavy atom. The molecule has 0 spiro atoms. The van der Waals surface area contributed by atoms with Crippen LogP contribution in [0.2, 0.25) is 0 Å². The maximum absolute atomic E-state index is 12.3. The fraction of sp³-hybridized carbons (Fsp3) is 0.167. The Bertz CT molecular complexity index is 1070. The molecular formula is C18H15N3OS3. The monoisotopic (exact) mass is 385 g/mol. The van der Waals surface area contributed by atoms with Crippen molar-refractivity contribution < 1.29 is 0 Å². The fourth-order valence-corrected chi connectivity index (χ4v) is 5.11. The van der Waals surface area contributed by atoms with Crippen molar-refractivity contribution in [2.45, 2.75) is 17.3 Å². The number of hydrogen-bond donors (Lipinski definition) is 0. The molecule has 0 atom stereocenters. The molecule has 126 valence electrons. The van der Waals surface area contributed by atoms with Crippen molar-refractivity contribution in [2.24, 2.45) is 7.05 Å². The molecule has 0 saturated heterocycles. The van der Waals surface area contributed by atoms with Crippen LogP contribution >= 0.6 is 34.4 Å². The van der Waals surface area contributed by atoms with Crippen LogP contribution in [0.4, 0.5) is 0 Å². The number of thiazole rings is 1. The molecule has 1 aromatic carbocycles. The van der Waals surface area contributed by atoms with E-state index in [9.17, 15) is 4.79 Å². The predicted molar refractivity (Wildman–Crippen MR) is 106 cm³/mol. The Balaban J connectivity index is 1.49. The number of nitrogens with zero attached hydrogens (tertiary/aromatic N) is 3. The van der Waals surface area contributed by atoms with Crippen LogP contribution in [-0.2, 0) is 19.2 Å². The molecule has 3 aromatic heterocycles. The van der Waals surface area contributed by atoms with Gasteiger partial charge in [0, 0.05) is 24.6 Å². The Hall–Kier alpha value is -1.96. The van der Waals surface area contributed by atoms with Gasteiger partial charge in [-0.1, -0.05) is 42.1 Å². The summed E-state index contributed by atoms with van der Waals surface area (Å²) in [6.07, 6.45) is 0.855. The smallest absolute Gasteiger partial charge is 0.271 e. The van der Waals surface area contributed by atoms with Gasteiger partial charge in [-0.25, -0.2) is 9.97 Å². The number of fused-ring (bicyclic) bond motifs is 1. The average Bonchev–Trinajstić information content (AvgIpc) is 3.27. The van der Waals surface area contributed by atoms with Crippen LogP contribution in [-0.4, -0.2) is 14.5 Å². The van der Waals surface area contributed by atoms with Gasteiger partial charge in [0.1, 0.15) is 4.70 Å².